The number of hydrogen-bond acceptors (Lipinski definition) is 3. The van der Waals surface area contributed by atoms with Crippen LogP contribution in [0.25, 0.3) is 0 Å². The van der Waals surface area contributed by atoms with E-state index in [0.717, 1.165) is 26.0 Å². The van der Waals surface area contributed by atoms with Gasteiger partial charge in [-0.2, -0.15) is 0 Å². The van der Waals surface area contributed by atoms with Crippen LogP contribution in [0.1, 0.15) is 37.0 Å². The minimum atomic E-state index is 0.214. The maximum atomic E-state index is 5.84. The molecule has 0 spiro atoms. The van der Waals surface area contributed by atoms with Gasteiger partial charge in [-0.25, -0.2) is 0 Å². The lowest BCUT2D eigenvalue weighted by molar-refractivity contribution is 0.0000671. The zero-order valence-corrected chi connectivity index (χ0v) is 10.1. The quantitative estimate of drug-likeness (QED) is 0.848. The molecule has 0 amide bonds. The zero-order chi connectivity index (χ0) is 11.4. The number of aryl methyl sites for hydroxylation is 1. The highest BCUT2D eigenvalue weighted by Gasteiger charge is 2.24. The first-order valence-corrected chi connectivity index (χ1v) is 6.06. The lowest BCUT2D eigenvalue weighted by Gasteiger charge is -2.30. The Morgan fingerprint density at radius 1 is 1.56 bits per heavy atom. The molecule has 3 nitrogen and oxygen atoms in total. The normalized spacial score (nSPS) is 25.6. The van der Waals surface area contributed by atoms with Gasteiger partial charge < -0.3 is 10.1 Å². The second-order valence-electron chi connectivity index (χ2n) is 4.37. The molecule has 1 aliphatic rings. The van der Waals surface area contributed by atoms with Crippen LogP contribution in [0.2, 0.25) is 0 Å². The van der Waals surface area contributed by atoms with Crippen molar-refractivity contribution in [2.75, 3.05) is 13.2 Å². The molecular formula is C13H20N2O. The van der Waals surface area contributed by atoms with E-state index in [2.05, 4.69) is 30.2 Å². The number of nitrogens with zero attached hydrogens (tertiary/aromatic N) is 1. The highest BCUT2D eigenvalue weighted by atomic mass is 16.5. The molecule has 1 aliphatic heterocycles. The molecule has 0 saturated carbocycles. The average Bonchev–Trinajstić information content (AvgIpc) is 2.30. The van der Waals surface area contributed by atoms with Crippen LogP contribution >= 0.6 is 0 Å². The van der Waals surface area contributed by atoms with Gasteiger partial charge in [-0.1, -0.05) is 6.92 Å². The first-order valence-electron chi connectivity index (χ1n) is 6.06. The predicted octanol–water partition coefficient (Wildman–Crippen LogP) is 2.22. The van der Waals surface area contributed by atoms with Crippen molar-refractivity contribution in [2.45, 2.75) is 38.8 Å². The second-order valence-corrected chi connectivity index (χ2v) is 4.37. The maximum Gasteiger partial charge on any atom is 0.0857 e. The van der Waals surface area contributed by atoms with Crippen molar-refractivity contribution < 1.29 is 4.74 Å². The summed E-state index contributed by atoms with van der Waals surface area (Å²) in [4.78, 5) is 4.19. The highest BCUT2D eigenvalue weighted by molar-refractivity contribution is 5.24. The van der Waals surface area contributed by atoms with E-state index in [9.17, 15) is 0 Å². The fraction of sp³-hybridized carbons (Fsp3) is 0.615. The average molecular weight is 220 g/mol. The van der Waals surface area contributed by atoms with E-state index in [1.165, 1.54) is 11.1 Å². The Kier molecular flexibility index (Phi) is 3.91. The topological polar surface area (TPSA) is 34.1 Å². The van der Waals surface area contributed by atoms with Gasteiger partial charge in [0.25, 0.3) is 0 Å². The van der Waals surface area contributed by atoms with Crippen LogP contribution in [0.15, 0.2) is 18.5 Å². The van der Waals surface area contributed by atoms with Crippen LogP contribution in [0.4, 0.5) is 0 Å². The molecule has 2 heterocycles. The number of hydrogen-bond donors (Lipinski definition) is 1. The van der Waals surface area contributed by atoms with Crippen LogP contribution in [0.5, 0.6) is 0 Å². The zero-order valence-electron chi connectivity index (χ0n) is 10.1. The molecular weight excluding hydrogens is 200 g/mol. The number of pyridine rings is 1. The van der Waals surface area contributed by atoms with E-state index >= 15 is 0 Å². The minimum Gasteiger partial charge on any atom is -0.373 e. The monoisotopic (exact) mass is 220 g/mol. The van der Waals surface area contributed by atoms with Gasteiger partial charge in [0.05, 0.1) is 6.10 Å². The molecule has 2 unspecified atom stereocenters. The number of aromatic nitrogens is 1. The van der Waals surface area contributed by atoms with Crippen LogP contribution in [-0.2, 0) is 4.74 Å². The third-order valence-corrected chi connectivity index (χ3v) is 3.20. The van der Waals surface area contributed by atoms with E-state index in [0.29, 0.717) is 6.04 Å². The second kappa shape index (κ2) is 5.41. The van der Waals surface area contributed by atoms with Gasteiger partial charge in [-0.3, -0.25) is 4.98 Å². The largest absolute Gasteiger partial charge is 0.373 e. The number of ether oxygens (including phenoxy) is 1. The molecule has 1 N–H and O–H groups in total. The van der Waals surface area contributed by atoms with Crippen molar-refractivity contribution in [1.82, 2.24) is 10.3 Å². The first-order chi connectivity index (χ1) is 7.81. The summed E-state index contributed by atoms with van der Waals surface area (Å²) in [5, 5.41) is 3.50. The van der Waals surface area contributed by atoms with Gasteiger partial charge in [0, 0.05) is 30.6 Å². The van der Waals surface area contributed by atoms with Crippen LogP contribution in [0, 0.1) is 6.92 Å². The molecule has 0 bridgehead atoms. The lowest BCUT2D eigenvalue weighted by Crippen LogP contribution is -2.36. The molecule has 88 valence electrons. The third-order valence-electron chi connectivity index (χ3n) is 3.20. The molecule has 0 aromatic carbocycles. The third kappa shape index (κ3) is 2.60. The summed E-state index contributed by atoms with van der Waals surface area (Å²) in [6, 6.07) is 2.64. The lowest BCUT2D eigenvalue weighted by atomic mass is 9.96. The van der Waals surface area contributed by atoms with Crippen LogP contribution < -0.4 is 5.32 Å². The molecule has 1 aromatic rings. The molecule has 0 aliphatic carbocycles. The van der Waals surface area contributed by atoms with Crippen molar-refractivity contribution >= 4 is 0 Å². The fourth-order valence-electron chi connectivity index (χ4n) is 2.30. The summed E-state index contributed by atoms with van der Waals surface area (Å²) < 4.78 is 5.84. The van der Waals surface area contributed by atoms with Gasteiger partial charge in [0.1, 0.15) is 0 Å². The molecule has 1 aromatic heterocycles. The summed E-state index contributed by atoms with van der Waals surface area (Å²) in [5.41, 5.74) is 2.52. The molecule has 1 fully saturated rings. The highest BCUT2D eigenvalue weighted by Crippen LogP contribution is 2.29. The standard InChI is InChI=1S/C13H20N2O/c1-3-15-11-5-7-16-13(8-11)12-9-14-6-4-10(12)2/h4,6,9,11,13,15H,3,5,7-8H2,1-2H3. The number of rotatable bonds is 3. The van der Waals surface area contributed by atoms with Crippen molar-refractivity contribution in [2.24, 2.45) is 0 Å². The first kappa shape index (κ1) is 11.6. The van der Waals surface area contributed by atoms with E-state index in [1.54, 1.807) is 0 Å². The minimum absolute atomic E-state index is 0.214. The summed E-state index contributed by atoms with van der Waals surface area (Å²) in [6.45, 7) is 6.15. The van der Waals surface area contributed by atoms with E-state index < -0.39 is 0 Å². The molecule has 3 heteroatoms. The maximum absolute atomic E-state index is 5.84. The van der Waals surface area contributed by atoms with Gasteiger partial charge >= 0.3 is 0 Å². The van der Waals surface area contributed by atoms with Crippen molar-refractivity contribution in [3.63, 3.8) is 0 Å². The Bertz CT molecular complexity index is 338. The van der Waals surface area contributed by atoms with Crippen LogP contribution in [0.3, 0.4) is 0 Å². The Morgan fingerprint density at radius 3 is 3.19 bits per heavy atom. The van der Waals surface area contributed by atoms with E-state index in [4.69, 9.17) is 4.74 Å². The molecule has 2 atom stereocenters. The Labute approximate surface area is 97.2 Å². The summed E-state index contributed by atoms with van der Waals surface area (Å²) >= 11 is 0. The van der Waals surface area contributed by atoms with Crippen molar-refractivity contribution in [1.29, 1.82) is 0 Å². The molecule has 2 rings (SSSR count). The van der Waals surface area contributed by atoms with Gasteiger partial charge in [-0.05, 0) is 37.9 Å². The SMILES string of the molecule is CCNC1CCOC(c2cnccc2C)C1. The predicted molar refractivity (Wildman–Crippen MR) is 64.4 cm³/mol. The number of nitrogens with one attached hydrogen (secondary N) is 1. The summed E-state index contributed by atoms with van der Waals surface area (Å²) in [6.07, 6.45) is 6.16. The molecule has 16 heavy (non-hydrogen) atoms. The van der Waals surface area contributed by atoms with Crippen LogP contribution in [-0.4, -0.2) is 24.2 Å². The summed E-state index contributed by atoms with van der Waals surface area (Å²) in [5.74, 6) is 0. The van der Waals surface area contributed by atoms with Gasteiger partial charge in [-0.15, -0.1) is 0 Å². The van der Waals surface area contributed by atoms with Gasteiger partial charge in [0.15, 0.2) is 0 Å². The fourth-order valence-corrected chi connectivity index (χ4v) is 2.30. The Morgan fingerprint density at radius 2 is 2.44 bits per heavy atom. The molecule has 1 saturated heterocycles. The van der Waals surface area contributed by atoms with E-state index in [-0.39, 0.29) is 6.10 Å². The van der Waals surface area contributed by atoms with Crippen molar-refractivity contribution in [3.8, 4) is 0 Å². The van der Waals surface area contributed by atoms with Crippen molar-refractivity contribution in [3.05, 3.63) is 29.6 Å². The van der Waals surface area contributed by atoms with E-state index in [1.807, 2.05) is 12.4 Å². The molecule has 0 radical (unpaired) electrons. The Hall–Kier alpha value is -0.930. The summed E-state index contributed by atoms with van der Waals surface area (Å²) in [7, 11) is 0. The smallest absolute Gasteiger partial charge is 0.0857 e. The van der Waals surface area contributed by atoms with Gasteiger partial charge in [0.2, 0.25) is 0 Å². The Balaban J connectivity index is 2.07.